The van der Waals surface area contributed by atoms with E-state index in [2.05, 4.69) is 32.7 Å². The van der Waals surface area contributed by atoms with Crippen LogP contribution in [-0.4, -0.2) is 77.1 Å². The molecule has 2 aliphatic heterocycles. The first-order chi connectivity index (χ1) is 24.7. The number of aromatic nitrogens is 1. The fourth-order valence-electron chi connectivity index (χ4n) is 7.60. The van der Waals surface area contributed by atoms with Gasteiger partial charge in [0.1, 0.15) is 5.82 Å². The highest BCUT2D eigenvalue weighted by Crippen LogP contribution is 2.38. The van der Waals surface area contributed by atoms with E-state index in [0.717, 1.165) is 54.7 Å². The second-order valence-electron chi connectivity index (χ2n) is 14.0. The number of carbonyl (C=O) groups excluding carboxylic acids is 2. The molecule has 0 radical (unpaired) electrons. The molecule has 3 N–H and O–H groups in total. The molecule has 6 rings (SSSR count). The van der Waals surface area contributed by atoms with Crippen LogP contribution in [0.15, 0.2) is 103 Å². The summed E-state index contributed by atoms with van der Waals surface area (Å²) >= 11 is 6.08. The first-order valence-corrected chi connectivity index (χ1v) is 18.3. The van der Waals surface area contributed by atoms with Crippen molar-refractivity contribution in [2.24, 2.45) is 0 Å². The summed E-state index contributed by atoms with van der Waals surface area (Å²) in [5.74, 6) is -0.238. The molecule has 0 bridgehead atoms. The Morgan fingerprint density at radius 2 is 1.59 bits per heavy atom. The second kappa shape index (κ2) is 16.8. The zero-order chi connectivity index (χ0) is 35.7. The third-order valence-electron chi connectivity index (χ3n) is 10.7. The van der Waals surface area contributed by atoms with Gasteiger partial charge in [0.25, 0.3) is 0 Å². The first kappa shape index (κ1) is 36.5. The summed E-state index contributed by atoms with van der Waals surface area (Å²) in [4.78, 5) is 34.6. The average molecular weight is 712 g/mol. The van der Waals surface area contributed by atoms with Crippen molar-refractivity contribution in [3.05, 3.63) is 136 Å². The lowest BCUT2D eigenvalue weighted by Gasteiger charge is -2.40. The normalized spacial score (nSPS) is 17.7. The average Bonchev–Trinajstić information content (AvgIpc) is 3.15. The number of halogens is 2. The van der Waals surface area contributed by atoms with Crippen LogP contribution in [-0.2, 0) is 22.2 Å². The maximum atomic E-state index is 14.2. The largest absolute Gasteiger partial charge is 0.385 e. The minimum Gasteiger partial charge on any atom is -0.385 e. The fraction of sp³-hybridized carbons (Fsp3) is 0.390. The lowest BCUT2D eigenvalue weighted by molar-refractivity contribution is -0.131. The van der Waals surface area contributed by atoms with Crippen LogP contribution in [0.2, 0.25) is 5.02 Å². The van der Waals surface area contributed by atoms with E-state index in [1.54, 1.807) is 12.4 Å². The number of nitrogens with zero attached hydrogens (tertiary/aromatic N) is 3. The number of amides is 3. The van der Waals surface area contributed by atoms with Gasteiger partial charge < -0.3 is 25.5 Å². The van der Waals surface area contributed by atoms with Gasteiger partial charge in [0.15, 0.2) is 0 Å². The van der Waals surface area contributed by atoms with E-state index in [9.17, 15) is 19.1 Å². The summed E-state index contributed by atoms with van der Waals surface area (Å²) in [7, 11) is 0. The van der Waals surface area contributed by atoms with E-state index in [4.69, 9.17) is 11.6 Å². The molecule has 3 heterocycles. The topological polar surface area (TPSA) is 97.8 Å². The van der Waals surface area contributed by atoms with Gasteiger partial charge in [-0.15, -0.1) is 0 Å². The van der Waals surface area contributed by atoms with Gasteiger partial charge in [-0.25, -0.2) is 9.18 Å². The number of nitrogens with one attached hydrogen (secondary N) is 2. The number of piperidine rings is 2. The maximum absolute atomic E-state index is 14.2. The zero-order valence-electron chi connectivity index (χ0n) is 28.9. The molecular formula is C41H47ClFN5O3. The molecule has 2 fully saturated rings. The van der Waals surface area contributed by atoms with Crippen molar-refractivity contribution in [1.29, 1.82) is 0 Å². The molecule has 8 nitrogen and oxygen atoms in total. The Kier molecular flexibility index (Phi) is 12.0. The minimum atomic E-state index is -0.869. The van der Waals surface area contributed by atoms with Gasteiger partial charge in [-0.2, -0.15) is 0 Å². The molecule has 0 aliphatic carbocycles. The number of pyridine rings is 1. The molecule has 2 aliphatic rings. The van der Waals surface area contributed by atoms with Crippen LogP contribution in [0.4, 0.5) is 9.18 Å². The maximum Gasteiger partial charge on any atom is 0.315 e. The number of rotatable bonds is 12. The molecule has 1 atom stereocenters. The SMILES string of the molecule is O=C(NCC(CCCN1CCC(O)(c2ccc(Cl)cc2)CC1)(c1ccccc1)c1ccc(F)cc1)NC1CCN(C(=O)Cc2cccnc2)CC1. The van der Waals surface area contributed by atoms with Crippen LogP contribution in [0.1, 0.15) is 60.8 Å². The van der Waals surface area contributed by atoms with Gasteiger partial charge in [-0.3, -0.25) is 9.78 Å². The Labute approximate surface area is 305 Å². The molecule has 1 aromatic heterocycles. The van der Waals surface area contributed by atoms with Crippen LogP contribution in [0.3, 0.4) is 0 Å². The molecule has 3 aromatic carbocycles. The van der Waals surface area contributed by atoms with Crippen molar-refractivity contribution in [2.45, 2.75) is 62.0 Å². The molecular weight excluding hydrogens is 665 g/mol. The zero-order valence-corrected chi connectivity index (χ0v) is 29.7. The van der Waals surface area contributed by atoms with Crippen LogP contribution in [0.25, 0.3) is 0 Å². The minimum absolute atomic E-state index is 0.0463. The van der Waals surface area contributed by atoms with E-state index in [0.29, 0.717) is 56.8 Å². The third kappa shape index (κ3) is 9.33. The number of benzene rings is 3. The Hall–Kier alpha value is -4.31. The van der Waals surface area contributed by atoms with Crippen molar-refractivity contribution in [2.75, 3.05) is 39.3 Å². The Balaban J connectivity index is 1.08. The summed E-state index contributed by atoms with van der Waals surface area (Å²) in [5.41, 5.74) is 2.30. The van der Waals surface area contributed by atoms with Crippen LogP contribution < -0.4 is 10.6 Å². The van der Waals surface area contributed by atoms with Gasteiger partial charge in [0, 0.05) is 61.6 Å². The monoisotopic (exact) mass is 711 g/mol. The van der Waals surface area contributed by atoms with Gasteiger partial charge in [0.2, 0.25) is 5.91 Å². The molecule has 0 spiro atoms. The van der Waals surface area contributed by atoms with Crippen molar-refractivity contribution in [3.8, 4) is 0 Å². The van der Waals surface area contributed by atoms with Gasteiger partial charge in [0.05, 0.1) is 12.0 Å². The lowest BCUT2D eigenvalue weighted by Crippen LogP contribution is -2.51. The molecule has 3 amide bonds. The molecule has 51 heavy (non-hydrogen) atoms. The van der Waals surface area contributed by atoms with Gasteiger partial charge >= 0.3 is 6.03 Å². The molecule has 10 heteroatoms. The van der Waals surface area contributed by atoms with E-state index < -0.39 is 11.0 Å². The number of hydrogen-bond donors (Lipinski definition) is 3. The molecule has 268 valence electrons. The van der Waals surface area contributed by atoms with E-state index in [-0.39, 0.29) is 23.8 Å². The van der Waals surface area contributed by atoms with Crippen LogP contribution in [0, 0.1) is 5.82 Å². The van der Waals surface area contributed by atoms with Crippen LogP contribution >= 0.6 is 11.6 Å². The molecule has 0 saturated carbocycles. The Bertz CT molecular complexity index is 1710. The summed E-state index contributed by atoms with van der Waals surface area (Å²) in [6.07, 6.45) is 7.91. The van der Waals surface area contributed by atoms with Crippen molar-refractivity contribution >= 4 is 23.5 Å². The smallest absolute Gasteiger partial charge is 0.315 e. The van der Waals surface area contributed by atoms with E-state index in [1.807, 2.05) is 71.6 Å². The second-order valence-corrected chi connectivity index (χ2v) is 14.4. The van der Waals surface area contributed by atoms with Gasteiger partial charge in [-0.1, -0.05) is 72.3 Å². The molecule has 2 saturated heterocycles. The Morgan fingerprint density at radius 3 is 2.25 bits per heavy atom. The summed E-state index contributed by atoms with van der Waals surface area (Å²) in [6.45, 7) is 3.86. The standard InChI is InChI=1S/C41H47ClFN5O3/c42-35-13-9-34(10-14-35)41(51)20-26-47(27-21-41)23-5-19-40(32-7-2-1-3-8-32,33-11-15-36(43)16-12-33)30-45-39(50)46-37-17-24-48(25-18-37)38(49)28-31-6-4-22-44-29-31/h1-4,6-16,22,29,37,51H,5,17-21,23-28,30H2,(H2,45,46,50). The number of aliphatic hydroxyl groups is 1. The number of urea groups is 1. The predicted molar refractivity (Wildman–Crippen MR) is 198 cm³/mol. The van der Waals surface area contributed by atoms with Crippen LogP contribution in [0.5, 0.6) is 0 Å². The number of likely N-dealkylation sites (tertiary alicyclic amines) is 2. The van der Waals surface area contributed by atoms with Crippen molar-refractivity contribution in [1.82, 2.24) is 25.4 Å². The lowest BCUT2D eigenvalue weighted by atomic mass is 9.71. The van der Waals surface area contributed by atoms with Crippen molar-refractivity contribution < 1.29 is 19.1 Å². The molecule has 1 unspecified atom stereocenters. The van der Waals surface area contributed by atoms with Gasteiger partial charge in [-0.05, 0) is 97.7 Å². The quantitative estimate of drug-likeness (QED) is 0.157. The summed E-state index contributed by atoms with van der Waals surface area (Å²) in [5, 5.41) is 18.4. The summed E-state index contributed by atoms with van der Waals surface area (Å²) in [6, 6.07) is 27.7. The predicted octanol–water partition coefficient (Wildman–Crippen LogP) is 6.46. The van der Waals surface area contributed by atoms with E-state index >= 15 is 0 Å². The number of hydrogen-bond acceptors (Lipinski definition) is 5. The van der Waals surface area contributed by atoms with E-state index in [1.165, 1.54) is 12.1 Å². The third-order valence-corrected chi connectivity index (χ3v) is 10.9. The summed E-state index contributed by atoms with van der Waals surface area (Å²) < 4.78 is 14.2. The first-order valence-electron chi connectivity index (χ1n) is 18.0. The van der Waals surface area contributed by atoms with Crippen molar-refractivity contribution in [3.63, 3.8) is 0 Å². The Morgan fingerprint density at radius 1 is 0.902 bits per heavy atom. The highest BCUT2D eigenvalue weighted by Gasteiger charge is 2.37. The number of carbonyl (C=O) groups is 2. The molecule has 4 aromatic rings. The highest BCUT2D eigenvalue weighted by molar-refractivity contribution is 6.30. The fourth-order valence-corrected chi connectivity index (χ4v) is 7.73. The highest BCUT2D eigenvalue weighted by atomic mass is 35.5.